The number of carbonyl (C=O) groups is 1. The molecule has 0 aliphatic carbocycles. The number of hydrogen-bond donors (Lipinski definition) is 3. The van der Waals surface area contributed by atoms with Gasteiger partial charge < -0.3 is 15.4 Å². The van der Waals surface area contributed by atoms with Crippen LogP contribution in [0.15, 0.2) is 18.2 Å². The average Bonchev–Trinajstić information content (AvgIpc) is 2.83. The van der Waals surface area contributed by atoms with E-state index in [1.165, 1.54) is 27.7 Å². The van der Waals surface area contributed by atoms with Crippen molar-refractivity contribution in [2.75, 3.05) is 6.54 Å². The van der Waals surface area contributed by atoms with Crippen LogP contribution in [-0.2, 0) is 11.2 Å². The Bertz CT molecular complexity index is 786. The van der Waals surface area contributed by atoms with Gasteiger partial charge >= 0.3 is 5.97 Å². The Morgan fingerprint density at radius 3 is 2.67 bits per heavy atom. The summed E-state index contributed by atoms with van der Waals surface area (Å²) in [6, 6.07) is 6.66. The largest absolute Gasteiger partial charge is 0.481 e. The number of benzene rings is 1. The van der Waals surface area contributed by atoms with E-state index >= 15 is 0 Å². The Hall–Kier alpha value is -1.81. The molecule has 1 aromatic heterocycles. The van der Waals surface area contributed by atoms with Crippen molar-refractivity contribution in [1.82, 2.24) is 10.3 Å². The molecular formula is C20H28N2O2. The van der Waals surface area contributed by atoms with Crippen LogP contribution in [0.4, 0.5) is 0 Å². The summed E-state index contributed by atoms with van der Waals surface area (Å²) >= 11 is 0. The maximum Gasteiger partial charge on any atom is 0.309 e. The van der Waals surface area contributed by atoms with Gasteiger partial charge in [-0.2, -0.15) is 0 Å². The minimum Gasteiger partial charge on any atom is -0.481 e. The van der Waals surface area contributed by atoms with E-state index in [1.54, 1.807) is 0 Å². The fraction of sp³-hybridized carbons (Fsp3) is 0.550. The summed E-state index contributed by atoms with van der Waals surface area (Å²) in [5.74, 6) is -0.737. The van der Waals surface area contributed by atoms with Crippen molar-refractivity contribution in [2.24, 2.45) is 10.8 Å². The Morgan fingerprint density at radius 1 is 1.29 bits per heavy atom. The van der Waals surface area contributed by atoms with Crippen LogP contribution in [0.2, 0.25) is 0 Å². The number of aryl methyl sites for hydroxylation is 1. The number of aliphatic carboxylic acids is 1. The molecule has 0 spiro atoms. The van der Waals surface area contributed by atoms with Gasteiger partial charge in [0.05, 0.1) is 11.5 Å². The van der Waals surface area contributed by atoms with Crippen molar-refractivity contribution in [3.05, 3.63) is 35.0 Å². The summed E-state index contributed by atoms with van der Waals surface area (Å²) in [6.07, 6.45) is 1.62. The maximum atomic E-state index is 11.6. The Balaban J connectivity index is 2.03. The molecule has 1 aromatic carbocycles. The third-order valence-corrected chi connectivity index (χ3v) is 5.36. The summed E-state index contributed by atoms with van der Waals surface area (Å²) in [6.45, 7) is 11.0. The zero-order chi connectivity index (χ0) is 17.7. The first-order valence-corrected chi connectivity index (χ1v) is 8.70. The number of aromatic amines is 1. The molecule has 0 radical (unpaired) electrons. The van der Waals surface area contributed by atoms with Gasteiger partial charge in [-0.1, -0.05) is 25.5 Å². The SMILES string of the molecule is Cc1ccc2[nH]c3c(c2c1)CCNC3C(C)(C)CC(C)(C)C(=O)O. The lowest BCUT2D eigenvalue weighted by Crippen LogP contribution is -2.42. The fourth-order valence-corrected chi connectivity index (χ4v) is 4.33. The lowest BCUT2D eigenvalue weighted by Gasteiger charge is -2.41. The molecule has 0 amide bonds. The van der Waals surface area contributed by atoms with Crippen LogP contribution in [-0.4, -0.2) is 22.6 Å². The summed E-state index contributed by atoms with van der Waals surface area (Å²) in [7, 11) is 0. The molecule has 0 fully saturated rings. The van der Waals surface area contributed by atoms with Gasteiger partial charge in [-0.15, -0.1) is 0 Å². The predicted octanol–water partition coefficient (Wildman–Crippen LogP) is 4.19. The third-order valence-electron chi connectivity index (χ3n) is 5.36. The van der Waals surface area contributed by atoms with E-state index < -0.39 is 11.4 Å². The van der Waals surface area contributed by atoms with Crippen molar-refractivity contribution >= 4 is 16.9 Å². The van der Waals surface area contributed by atoms with Crippen LogP contribution in [0.5, 0.6) is 0 Å². The number of carboxylic acid groups (broad SMARTS) is 1. The van der Waals surface area contributed by atoms with Gasteiger partial charge in [0, 0.05) is 16.6 Å². The molecule has 0 bridgehead atoms. The maximum absolute atomic E-state index is 11.6. The average molecular weight is 328 g/mol. The predicted molar refractivity (Wildman–Crippen MR) is 97.3 cm³/mol. The standard InChI is InChI=1S/C20H28N2O2/c1-12-6-7-15-14(10-12)13-8-9-21-17(16(13)22-15)19(2,3)11-20(4,5)18(23)24/h6-7,10,17,21-22H,8-9,11H2,1-5H3,(H,23,24). The third kappa shape index (κ3) is 2.84. The number of H-pyrrole nitrogens is 1. The smallest absolute Gasteiger partial charge is 0.309 e. The molecule has 4 heteroatoms. The van der Waals surface area contributed by atoms with E-state index in [-0.39, 0.29) is 11.5 Å². The first kappa shape index (κ1) is 17.0. The zero-order valence-electron chi connectivity index (χ0n) is 15.3. The molecule has 24 heavy (non-hydrogen) atoms. The number of aromatic nitrogens is 1. The highest BCUT2D eigenvalue weighted by Gasteiger charge is 2.42. The van der Waals surface area contributed by atoms with Crippen LogP contribution in [0.1, 0.15) is 57.0 Å². The molecule has 2 aromatic rings. The normalized spacial score (nSPS) is 18.6. The van der Waals surface area contributed by atoms with Crippen molar-refractivity contribution < 1.29 is 9.90 Å². The van der Waals surface area contributed by atoms with Gasteiger partial charge in [-0.25, -0.2) is 0 Å². The van der Waals surface area contributed by atoms with Crippen LogP contribution < -0.4 is 5.32 Å². The van der Waals surface area contributed by atoms with Crippen LogP contribution >= 0.6 is 0 Å². The second-order valence-electron chi connectivity index (χ2n) is 8.56. The summed E-state index contributed by atoms with van der Waals surface area (Å²) in [5.41, 5.74) is 4.14. The van der Waals surface area contributed by atoms with Crippen LogP contribution in [0, 0.1) is 17.8 Å². The van der Waals surface area contributed by atoms with Crippen LogP contribution in [0.3, 0.4) is 0 Å². The number of nitrogens with one attached hydrogen (secondary N) is 2. The van der Waals surface area contributed by atoms with Gasteiger partial charge in [0.2, 0.25) is 0 Å². The van der Waals surface area contributed by atoms with Gasteiger partial charge in [-0.05, 0) is 63.3 Å². The van der Waals surface area contributed by atoms with E-state index in [2.05, 4.69) is 49.3 Å². The molecule has 1 aliphatic rings. The molecule has 1 unspecified atom stereocenters. The molecule has 3 rings (SSSR count). The van der Waals surface area contributed by atoms with E-state index in [0.717, 1.165) is 13.0 Å². The van der Waals surface area contributed by atoms with E-state index in [9.17, 15) is 9.90 Å². The van der Waals surface area contributed by atoms with E-state index in [4.69, 9.17) is 0 Å². The zero-order valence-corrected chi connectivity index (χ0v) is 15.3. The van der Waals surface area contributed by atoms with Crippen molar-refractivity contribution in [3.63, 3.8) is 0 Å². The highest BCUT2D eigenvalue weighted by molar-refractivity contribution is 5.86. The second-order valence-corrected chi connectivity index (χ2v) is 8.56. The minimum absolute atomic E-state index is 0.132. The highest BCUT2D eigenvalue weighted by Crippen LogP contribution is 2.45. The monoisotopic (exact) mass is 328 g/mol. The lowest BCUT2D eigenvalue weighted by atomic mass is 9.69. The van der Waals surface area contributed by atoms with Crippen LogP contribution in [0.25, 0.3) is 10.9 Å². The Kier molecular flexibility index (Phi) is 3.99. The minimum atomic E-state index is -0.745. The number of hydrogen-bond acceptors (Lipinski definition) is 2. The van der Waals surface area contributed by atoms with E-state index in [1.807, 2.05) is 13.8 Å². The molecule has 2 heterocycles. The molecule has 1 aliphatic heterocycles. The van der Waals surface area contributed by atoms with E-state index in [0.29, 0.717) is 6.42 Å². The molecule has 3 N–H and O–H groups in total. The number of fused-ring (bicyclic) bond motifs is 3. The Morgan fingerprint density at radius 2 is 2.00 bits per heavy atom. The summed E-state index contributed by atoms with van der Waals surface area (Å²) in [5, 5.41) is 14.5. The van der Waals surface area contributed by atoms with Crippen molar-refractivity contribution in [2.45, 2.75) is 53.5 Å². The lowest BCUT2D eigenvalue weighted by molar-refractivity contribution is -0.149. The quantitative estimate of drug-likeness (QED) is 0.788. The van der Waals surface area contributed by atoms with Gasteiger partial charge in [0.15, 0.2) is 0 Å². The number of rotatable bonds is 4. The summed E-state index contributed by atoms with van der Waals surface area (Å²) < 4.78 is 0. The highest BCUT2D eigenvalue weighted by atomic mass is 16.4. The van der Waals surface area contributed by atoms with Gasteiger partial charge in [0.1, 0.15) is 0 Å². The fourth-order valence-electron chi connectivity index (χ4n) is 4.33. The number of carboxylic acids is 1. The Labute approximate surface area is 143 Å². The topological polar surface area (TPSA) is 65.1 Å². The molecule has 0 saturated heterocycles. The van der Waals surface area contributed by atoms with Gasteiger partial charge in [-0.3, -0.25) is 4.79 Å². The summed E-state index contributed by atoms with van der Waals surface area (Å²) in [4.78, 5) is 15.2. The molecular weight excluding hydrogens is 300 g/mol. The first-order valence-electron chi connectivity index (χ1n) is 8.70. The molecule has 130 valence electrons. The molecule has 0 saturated carbocycles. The molecule has 4 nitrogen and oxygen atoms in total. The molecule has 1 atom stereocenters. The van der Waals surface area contributed by atoms with Crippen molar-refractivity contribution in [3.8, 4) is 0 Å². The van der Waals surface area contributed by atoms with Crippen molar-refractivity contribution in [1.29, 1.82) is 0 Å². The van der Waals surface area contributed by atoms with Gasteiger partial charge in [0.25, 0.3) is 0 Å². The first-order chi connectivity index (χ1) is 11.1. The second kappa shape index (κ2) is 5.62.